The van der Waals surface area contributed by atoms with Crippen LogP contribution in [-0.2, 0) is 11.2 Å². The Balaban J connectivity index is 1.68. The fraction of sp³-hybridized carbons (Fsp3) is 0.0952. The number of amides is 1. The molecular formula is C21H17ClINO2. The topological polar surface area (TPSA) is 42.2 Å². The zero-order valence-corrected chi connectivity index (χ0v) is 17.0. The van der Waals surface area contributed by atoms with Crippen molar-refractivity contribution >= 4 is 51.9 Å². The van der Waals surface area contributed by atoms with E-state index in [1.165, 1.54) is 6.08 Å². The van der Waals surface area contributed by atoms with Crippen molar-refractivity contribution in [2.24, 2.45) is 0 Å². The molecule has 0 fully saturated rings. The minimum atomic E-state index is -0.189. The summed E-state index contributed by atoms with van der Waals surface area (Å²) in [5.41, 5.74) is 2.88. The Morgan fingerprint density at radius 3 is 2.65 bits per heavy atom. The predicted octanol–water partition coefficient (Wildman–Crippen LogP) is 6.42. The van der Waals surface area contributed by atoms with Crippen molar-refractivity contribution < 1.29 is 9.21 Å². The summed E-state index contributed by atoms with van der Waals surface area (Å²) >= 11 is 8.16. The number of hydrogen-bond acceptors (Lipinski definition) is 2. The summed E-state index contributed by atoms with van der Waals surface area (Å²) in [5.74, 6) is 1.15. The minimum Gasteiger partial charge on any atom is -0.457 e. The van der Waals surface area contributed by atoms with Crippen molar-refractivity contribution in [2.45, 2.75) is 13.3 Å². The van der Waals surface area contributed by atoms with Crippen LogP contribution in [0, 0.1) is 3.57 Å². The average Bonchev–Trinajstić information content (AvgIpc) is 3.11. The number of hydrogen-bond donors (Lipinski definition) is 1. The van der Waals surface area contributed by atoms with Crippen LogP contribution in [0.2, 0.25) is 5.02 Å². The smallest absolute Gasteiger partial charge is 0.248 e. The van der Waals surface area contributed by atoms with Gasteiger partial charge in [-0.25, -0.2) is 0 Å². The third-order valence-corrected chi connectivity index (χ3v) is 4.78. The quantitative estimate of drug-likeness (QED) is 0.340. The summed E-state index contributed by atoms with van der Waals surface area (Å²) in [6.45, 7) is 2.07. The van der Waals surface area contributed by atoms with Gasteiger partial charge in [0.15, 0.2) is 0 Å². The van der Waals surface area contributed by atoms with Crippen molar-refractivity contribution in [3.63, 3.8) is 0 Å². The highest BCUT2D eigenvalue weighted by atomic mass is 127. The largest absolute Gasteiger partial charge is 0.457 e. The fourth-order valence-electron chi connectivity index (χ4n) is 2.52. The monoisotopic (exact) mass is 477 g/mol. The maximum atomic E-state index is 12.2. The number of rotatable bonds is 5. The van der Waals surface area contributed by atoms with Crippen molar-refractivity contribution in [1.82, 2.24) is 0 Å². The van der Waals surface area contributed by atoms with E-state index in [0.717, 1.165) is 32.6 Å². The molecule has 1 N–H and O–H groups in total. The van der Waals surface area contributed by atoms with Crippen LogP contribution in [0.3, 0.4) is 0 Å². The third-order valence-electron chi connectivity index (χ3n) is 3.86. The molecule has 0 radical (unpaired) electrons. The highest BCUT2D eigenvalue weighted by Crippen LogP contribution is 2.24. The molecule has 0 saturated carbocycles. The number of halogens is 2. The van der Waals surface area contributed by atoms with Gasteiger partial charge < -0.3 is 9.73 Å². The second-order valence-electron chi connectivity index (χ2n) is 5.69. The van der Waals surface area contributed by atoms with Crippen molar-refractivity contribution in [2.75, 3.05) is 5.32 Å². The van der Waals surface area contributed by atoms with E-state index in [4.69, 9.17) is 16.0 Å². The molecule has 2 aromatic carbocycles. The molecule has 3 rings (SSSR count). The van der Waals surface area contributed by atoms with Crippen LogP contribution in [-0.4, -0.2) is 5.91 Å². The zero-order chi connectivity index (χ0) is 18.5. The van der Waals surface area contributed by atoms with Crippen molar-refractivity contribution in [3.8, 4) is 11.3 Å². The Bertz CT molecular complexity index is 945. The van der Waals surface area contributed by atoms with Crippen LogP contribution in [0.25, 0.3) is 17.4 Å². The molecule has 3 aromatic rings. The second kappa shape index (κ2) is 8.56. The number of aryl methyl sites for hydroxylation is 1. The van der Waals surface area contributed by atoms with E-state index in [-0.39, 0.29) is 5.91 Å². The molecule has 0 saturated heterocycles. The Hall–Kier alpha value is -2.05. The lowest BCUT2D eigenvalue weighted by atomic mass is 10.1. The highest BCUT2D eigenvalue weighted by molar-refractivity contribution is 14.1. The van der Waals surface area contributed by atoms with Gasteiger partial charge in [-0.2, -0.15) is 0 Å². The Kier molecular flexibility index (Phi) is 6.16. The molecule has 0 unspecified atom stereocenters. The predicted molar refractivity (Wildman–Crippen MR) is 115 cm³/mol. The number of benzene rings is 2. The molecule has 26 heavy (non-hydrogen) atoms. The molecule has 0 aliphatic heterocycles. The number of nitrogens with one attached hydrogen (secondary N) is 1. The first-order valence-electron chi connectivity index (χ1n) is 8.18. The van der Waals surface area contributed by atoms with Gasteiger partial charge in [0.05, 0.1) is 0 Å². The summed E-state index contributed by atoms with van der Waals surface area (Å²) < 4.78 is 6.91. The van der Waals surface area contributed by atoms with Gasteiger partial charge in [-0.15, -0.1) is 0 Å². The fourth-order valence-corrected chi connectivity index (χ4v) is 3.20. The van der Waals surface area contributed by atoms with Gasteiger partial charge in [0, 0.05) is 25.9 Å². The molecule has 0 aliphatic rings. The molecule has 1 aromatic heterocycles. The van der Waals surface area contributed by atoms with Gasteiger partial charge in [-0.05, 0) is 95.2 Å². The Morgan fingerprint density at radius 1 is 1.15 bits per heavy atom. The Labute approximate surface area is 171 Å². The summed E-state index contributed by atoms with van der Waals surface area (Å²) in [6.07, 6.45) is 3.99. The van der Waals surface area contributed by atoms with Gasteiger partial charge in [0.25, 0.3) is 0 Å². The third kappa shape index (κ3) is 4.77. The van der Waals surface area contributed by atoms with Gasteiger partial charge in [0.1, 0.15) is 11.5 Å². The van der Waals surface area contributed by atoms with Gasteiger partial charge in [-0.3, -0.25) is 4.79 Å². The molecule has 1 heterocycles. The van der Waals surface area contributed by atoms with Crippen molar-refractivity contribution in [3.05, 3.63) is 80.6 Å². The lowest BCUT2D eigenvalue weighted by molar-refractivity contribution is -0.111. The molecule has 0 atom stereocenters. The molecule has 0 bridgehead atoms. The lowest BCUT2D eigenvalue weighted by Crippen LogP contribution is -2.09. The van der Waals surface area contributed by atoms with Crippen LogP contribution >= 0.6 is 34.2 Å². The van der Waals surface area contributed by atoms with Gasteiger partial charge >= 0.3 is 0 Å². The molecule has 5 heteroatoms. The van der Waals surface area contributed by atoms with Crippen LogP contribution in [0.1, 0.15) is 18.2 Å². The highest BCUT2D eigenvalue weighted by Gasteiger charge is 2.06. The Morgan fingerprint density at radius 2 is 1.92 bits per heavy atom. The second-order valence-corrected chi connectivity index (χ2v) is 7.37. The number of anilines is 1. The maximum absolute atomic E-state index is 12.2. The summed E-state index contributed by atoms with van der Waals surface area (Å²) in [4.78, 5) is 12.2. The molecule has 132 valence electrons. The first kappa shape index (κ1) is 18.7. The molecular weight excluding hydrogens is 461 g/mol. The van der Waals surface area contributed by atoms with E-state index in [2.05, 4.69) is 40.9 Å². The number of furan rings is 1. The molecule has 1 amide bonds. The van der Waals surface area contributed by atoms with E-state index in [1.54, 1.807) is 6.08 Å². The first-order chi connectivity index (χ1) is 12.5. The first-order valence-corrected chi connectivity index (χ1v) is 9.64. The summed E-state index contributed by atoms with van der Waals surface area (Å²) in [7, 11) is 0. The van der Waals surface area contributed by atoms with Crippen molar-refractivity contribution in [1.29, 1.82) is 0 Å². The van der Waals surface area contributed by atoms with Crippen LogP contribution < -0.4 is 5.32 Å². The lowest BCUT2D eigenvalue weighted by Gasteiger charge is -2.08. The molecule has 0 spiro atoms. The van der Waals surface area contributed by atoms with E-state index >= 15 is 0 Å². The van der Waals surface area contributed by atoms with Crippen LogP contribution in [0.5, 0.6) is 0 Å². The maximum Gasteiger partial charge on any atom is 0.248 e. The van der Waals surface area contributed by atoms with E-state index in [1.807, 2.05) is 48.5 Å². The molecule has 3 nitrogen and oxygen atoms in total. The van der Waals surface area contributed by atoms with E-state index < -0.39 is 0 Å². The summed E-state index contributed by atoms with van der Waals surface area (Å²) in [5, 5.41) is 3.60. The normalized spacial score (nSPS) is 11.0. The van der Waals surface area contributed by atoms with Gasteiger partial charge in [0.2, 0.25) is 5.91 Å². The number of carbonyl (C=O) groups excluding carboxylic acids is 1. The van der Waals surface area contributed by atoms with Gasteiger partial charge in [-0.1, -0.05) is 18.5 Å². The van der Waals surface area contributed by atoms with Crippen LogP contribution in [0.15, 0.2) is 65.1 Å². The summed E-state index contributed by atoms with van der Waals surface area (Å²) in [6, 6.07) is 17.1. The van der Waals surface area contributed by atoms with E-state index in [9.17, 15) is 4.79 Å². The zero-order valence-electron chi connectivity index (χ0n) is 14.1. The minimum absolute atomic E-state index is 0.189. The SMILES string of the molecule is CCc1cc(I)ccc1NC(=O)C=Cc1ccc(-c2ccc(Cl)cc2)o1. The number of carbonyl (C=O) groups is 1. The average molecular weight is 478 g/mol. The standard InChI is InChI=1S/C21H17ClINO2/c1-2-14-13-17(23)7-10-19(14)24-21(25)12-9-18-8-11-20(26-18)15-3-5-16(22)6-4-15/h3-13H,2H2,1H3,(H,24,25). The van der Waals surface area contributed by atoms with Crippen LogP contribution in [0.4, 0.5) is 5.69 Å². The van der Waals surface area contributed by atoms with E-state index in [0.29, 0.717) is 10.8 Å². The molecule has 0 aliphatic carbocycles.